The van der Waals surface area contributed by atoms with Crippen LogP contribution in [0.2, 0.25) is 0 Å². The van der Waals surface area contributed by atoms with E-state index >= 15 is 0 Å². The van der Waals surface area contributed by atoms with Gasteiger partial charge in [-0.2, -0.15) is 4.31 Å². The van der Waals surface area contributed by atoms with Crippen molar-refractivity contribution in [2.75, 3.05) is 39.4 Å². The lowest BCUT2D eigenvalue weighted by molar-refractivity contribution is -0.140. The van der Waals surface area contributed by atoms with Crippen LogP contribution in [0.5, 0.6) is 0 Å². The molecule has 0 saturated carbocycles. The van der Waals surface area contributed by atoms with Crippen molar-refractivity contribution in [3.8, 4) is 0 Å². The van der Waals surface area contributed by atoms with Crippen LogP contribution in [0, 0.1) is 17.6 Å². The number of amides is 1. The van der Waals surface area contributed by atoms with Gasteiger partial charge in [0.05, 0.1) is 13.2 Å². The number of sulfonamides is 1. The summed E-state index contributed by atoms with van der Waals surface area (Å²) in [6, 6.07) is 2.41. The Balaban J connectivity index is 1.66. The number of morpholine rings is 1. The molecule has 0 aromatic heterocycles. The van der Waals surface area contributed by atoms with Crippen LogP contribution in [-0.2, 0) is 19.6 Å². The molecule has 138 valence electrons. The molecule has 2 aliphatic heterocycles. The van der Waals surface area contributed by atoms with E-state index in [0.717, 1.165) is 16.4 Å². The first-order valence-electron chi connectivity index (χ1n) is 8.21. The van der Waals surface area contributed by atoms with Gasteiger partial charge >= 0.3 is 0 Å². The molecule has 2 saturated heterocycles. The predicted octanol–water partition coefficient (Wildman–Crippen LogP) is 1.22. The number of hydrogen-bond donors (Lipinski definition) is 0. The van der Waals surface area contributed by atoms with Crippen molar-refractivity contribution in [2.24, 2.45) is 5.92 Å². The van der Waals surface area contributed by atoms with Gasteiger partial charge in [0.15, 0.2) is 0 Å². The third-order valence-corrected chi connectivity index (χ3v) is 6.57. The molecule has 9 heteroatoms. The molecular formula is C16H20F2N2O4S. The number of piperidine rings is 1. The second kappa shape index (κ2) is 7.35. The minimum absolute atomic E-state index is 0.0216. The van der Waals surface area contributed by atoms with Crippen molar-refractivity contribution >= 4 is 15.9 Å². The Bertz CT molecular complexity index is 743. The summed E-state index contributed by atoms with van der Waals surface area (Å²) >= 11 is 0. The van der Waals surface area contributed by atoms with Crippen LogP contribution >= 0.6 is 0 Å². The Morgan fingerprint density at radius 1 is 1.08 bits per heavy atom. The van der Waals surface area contributed by atoms with E-state index in [0.29, 0.717) is 45.2 Å². The van der Waals surface area contributed by atoms with Crippen LogP contribution in [0.4, 0.5) is 8.78 Å². The van der Waals surface area contributed by atoms with E-state index in [9.17, 15) is 22.0 Å². The number of nitrogens with zero attached hydrogens (tertiary/aromatic N) is 2. The highest BCUT2D eigenvalue weighted by atomic mass is 32.2. The average molecular weight is 374 g/mol. The topological polar surface area (TPSA) is 66.9 Å². The van der Waals surface area contributed by atoms with Crippen LogP contribution in [-0.4, -0.2) is 62.9 Å². The van der Waals surface area contributed by atoms with Crippen molar-refractivity contribution in [3.63, 3.8) is 0 Å². The first-order chi connectivity index (χ1) is 11.9. The molecule has 3 rings (SSSR count). The van der Waals surface area contributed by atoms with Gasteiger partial charge in [0, 0.05) is 38.2 Å². The largest absolute Gasteiger partial charge is 0.378 e. The molecule has 0 bridgehead atoms. The molecule has 0 aliphatic carbocycles. The Kier molecular flexibility index (Phi) is 5.35. The molecule has 2 heterocycles. The van der Waals surface area contributed by atoms with Crippen molar-refractivity contribution in [1.29, 1.82) is 0 Å². The van der Waals surface area contributed by atoms with Gasteiger partial charge in [-0.05, 0) is 25.0 Å². The quantitative estimate of drug-likeness (QED) is 0.798. The fraction of sp³-hybridized carbons (Fsp3) is 0.562. The van der Waals surface area contributed by atoms with E-state index in [-0.39, 0.29) is 24.9 Å². The van der Waals surface area contributed by atoms with Gasteiger partial charge in [-0.1, -0.05) is 0 Å². The van der Waals surface area contributed by atoms with Gasteiger partial charge in [-0.3, -0.25) is 4.79 Å². The SMILES string of the molecule is O=C(C1CCN(S(=O)(=O)c2ccc(F)cc2F)CC1)N1CCOCC1. The summed E-state index contributed by atoms with van der Waals surface area (Å²) in [6.07, 6.45) is 0.774. The molecule has 2 fully saturated rings. The molecular weight excluding hydrogens is 354 g/mol. The number of benzene rings is 1. The second-order valence-electron chi connectivity index (χ2n) is 6.19. The molecule has 2 aliphatic rings. The molecule has 6 nitrogen and oxygen atoms in total. The summed E-state index contributed by atoms with van der Waals surface area (Å²) < 4.78 is 58.3. The zero-order valence-electron chi connectivity index (χ0n) is 13.7. The molecule has 1 aromatic carbocycles. The van der Waals surface area contributed by atoms with Crippen molar-refractivity contribution in [1.82, 2.24) is 9.21 Å². The van der Waals surface area contributed by atoms with E-state index in [1.807, 2.05) is 0 Å². The Hall–Kier alpha value is -1.58. The summed E-state index contributed by atoms with van der Waals surface area (Å²) in [5.74, 6) is -2.14. The minimum atomic E-state index is -4.04. The number of halogens is 2. The van der Waals surface area contributed by atoms with Gasteiger partial charge in [-0.25, -0.2) is 17.2 Å². The Labute approximate surface area is 145 Å². The normalized spacial score (nSPS) is 20.6. The molecule has 1 amide bonds. The minimum Gasteiger partial charge on any atom is -0.378 e. The smallest absolute Gasteiger partial charge is 0.245 e. The van der Waals surface area contributed by atoms with Crippen LogP contribution in [0.15, 0.2) is 23.1 Å². The summed E-state index contributed by atoms with van der Waals surface area (Å²) in [6.45, 7) is 2.42. The van der Waals surface area contributed by atoms with Crippen molar-refractivity contribution in [3.05, 3.63) is 29.8 Å². The number of carbonyl (C=O) groups is 1. The lowest BCUT2D eigenvalue weighted by atomic mass is 9.96. The molecule has 0 spiro atoms. The lowest BCUT2D eigenvalue weighted by Gasteiger charge is -2.35. The third kappa shape index (κ3) is 3.83. The number of carbonyl (C=O) groups excluding carboxylic acids is 1. The Morgan fingerprint density at radius 3 is 2.32 bits per heavy atom. The first kappa shape index (κ1) is 18.2. The zero-order valence-corrected chi connectivity index (χ0v) is 14.5. The van der Waals surface area contributed by atoms with Gasteiger partial charge in [0.2, 0.25) is 15.9 Å². The van der Waals surface area contributed by atoms with Gasteiger partial charge in [0.1, 0.15) is 16.5 Å². The van der Waals surface area contributed by atoms with Gasteiger partial charge < -0.3 is 9.64 Å². The maximum atomic E-state index is 13.8. The summed E-state index contributed by atoms with van der Waals surface area (Å²) in [5.41, 5.74) is 0. The fourth-order valence-corrected chi connectivity index (χ4v) is 4.72. The van der Waals surface area contributed by atoms with Crippen molar-refractivity contribution < 1.29 is 26.7 Å². The Morgan fingerprint density at radius 2 is 1.72 bits per heavy atom. The molecule has 25 heavy (non-hydrogen) atoms. The maximum absolute atomic E-state index is 13.8. The average Bonchev–Trinajstić information content (AvgIpc) is 2.61. The fourth-order valence-electron chi connectivity index (χ4n) is 3.21. The summed E-state index contributed by atoms with van der Waals surface area (Å²) in [7, 11) is -4.04. The van der Waals surface area contributed by atoms with E-state index in [1.165, 1.54) is 0 Å². The summed E-state index contributed by atoms with van der Waals surface area (Å²) in [4.78, 5) is 13.7. The second-order valence-corrected chi connectivity index (χ2v) is 8.10. The van der Waals surface area contributed by atoms with Gasteiger partial charge in [-0.15, -0.1) is 0 Å². The molecule has 1 aromatic rings. The van der Waals surface area contributed by atoms with E-state index in [1.54, 1.807) is 4.90 Å². The zero-order chi connectivity index (χ0) is 18.0. The number of rotatable bonds is 3. The molecule has 0 atom stereocenters. The van der Waals surface area contributed by atoms with Crippen LogP contribution < -0.4 is 0 Å². The van der Waals surface area contributed by atoms with Gasteiger partial charge in [0.25, 0.3) is 0 Å². The van der Waals surface area contributed by atoms with E-state index in [4.69, 9.17) is 4.74 Å². The van der Waals surface area contributed by atoms with Crippen molar-refractivity contribution in [2.45, 2.75) is 17.7 Å². The lowest BCUT2D eigenvalue weighted by Crippen LogP contribution is -2.47. The van der Waals surface area contributed by atoms with E-state index in [2.05, 4.69) is 0 Å². The predicted molar refractivity (Wildman–Crippen MR) is 85.2 cm³/mol. The first-order valence-corrected chi connectivity index (χ1v) is 9.65. The summed E-state index contributed by atoms with van der Waals surface area (Å²) in [5, 5.41) is 0. The highest BCUT2D eigenvalue weighted by Crippen LogP contribution is 2.27. The van der Waals surface area contributed by atoms with Crippen LogP contribution in [0.25, 0.3) is 0 Å². The molecule has 0 radical (unpaired) electrons. The van der Waals surface area contributed by atoms with E-state index < -0.39 is 26.6 Å². The number of ether oxygens (including phenoxy) is 1. The van der Waals surface area contributed by atoms with Crippen LogP contribution in [0.1, 0.15) is 12.8 Å². The highest BCUT2D eigenvalue weighted by Gasteiger charge is 2.35. The standard InChI is InChI=1S/C16H20F2N2O4S/c17-13-1-2-15(14(18)11-13)25(22,23)20-5-3-12(4-6-20)16(21)19-7-9-24-10-8-19/h1-2,11-12H,3-10H2. The maximum Gasteiger partial charge on any atom is 0.245 e. The molecule has 0 unspecified atom stereocenters. The number of hydrogen-bond acceptors (Lipinski definition) is 4. The monoisotopic (exact) mass is 374 g/mol. The van der Waals surface area contributed by atoms with Crippen LogP contribution in [0.3, 0.4) is 0 Å². The molecule has 0 N–H and O–H groups in total. The third-order valence-electron chi connectivity index (χ3n) is 4.64. The highest BCUT2D eigenvalue weighted by molar-refractivity contribution is 7.89.